The third kappa shape index (κ3) is 2.73. The van der Waals surface area contributed by atoms with Crippen molar-refractivity contribution in [2.45, 2.75) is 45.2 Å². The van der Waals surface area contributed by atoms with E-state index < -0.39 is 5.54 Å². The van der Waals surface area contributed by atoms with E-state index in [9.17, 15) is 4.79 Å². The average molecular weight is 300 g/mol. The smallest absolute Gasteiger partial charge is 0.240 e. The third-order valence-electron chi connectivity index (χ3n) is 4.62. The lowest BCUT2D eigenvalue weighted by molar-refractivity contribution is -0.131. The summed E-state index contributed by atoms with van der Waals surface area (Å²) in [7, 11) is 0. The molecule has 3 rings (SSSR count). The van der Waals surface area contributed by atoms with E-state index in [2.05, 4.69) is 20.2 Å². The zero-order valence-electron chi connectivity index (χ0n) is 13.5. The second-order valence-corrected chi connectivity index (χ2v) is 6.59. The number of H-pyrrole nitrogens is 1. The van der Waals surface area contributed by atoms with E-state index in [4.69, 9.17) is 0 Å². The van der Waals surface area contributed by atoms with Crippen LogP contribution in [0.25, 0.3) is 11.0 Å². The van der Waals surface area contributed by atoms with Gasteiger partial charge in [0.1, 0.15) is 5.82 Å². The minimum absolute atomic E-state index is 0.0577. The molecule has 5 heteroatoms. The van der Waals surface area contributed by atoms with Gasteiger partial charge < -0.3 is 10.3 Å². The molecule has 2 heterocycles. The standard InChI is InChI=1S/C17H24N4O/c1-12(15-19-13-8-4-5-9-14(13)20-15)18-16(22)17(2,3)21-10-6-7-11-21/h4-5,8-9,12H,6-7,10-11H2,1-3H3,(H,18,22)(H,19,20)/t12-/m1/s1. The normalized spacial score (nSPS) is 17.8. The number of hydrogen-bond donors (Lipinski definition) is 2. The number of nitrogens with zero attached hydrogens (tertiary/aromatic N) is 2. The van der Waals surface area contributed by atoms with E-state index in [1.807, 2.05) is 45.0 Å². The highest BCUT2D eigenvalue weighted by molar-refractivity contribution is 5.86. The number of imidazole rings is 1. The van der Waals surface area contributed by atoms with Crippen molar-refractivity contribution in [3.8, 4) is 0 Å². The van der Waals surface area contributed by atoms with Crippen LogP contribution in [0.5, 0.6) is 0 Å². The Morgan fingerprint density at radius 3 is 2.68 bits per heavy atom. The molecule has 1 aromatic heterocycles. The van der Waals surface area contributed by atoms with Gasteiger partial charge in [-0.25, -0.2) is 4.98 Å². The SMILES string of the molecule is C[C@@H](NC(=O)C(C)(C)N1CCCC1)c1nc2ccccc2[nH]1. The van der Waals surface area contributed by atoms with Gasteiger partial charge in [-0.05, 0) is 58.8 Å². The maximum absolute atomic E-state index is 12.7. The summed E-state index contributed by atoms with van der Waals surface area (Å²) in [6, 6.07) is 7.77. The molecule has 1 aliphatic heterocycles. The molecule has 2 aromatic rings. The van der Waals surface area contributed by atoms with Crippen molar-refractivity contribution in [3.05, 3.63) is 30.1 Å². The maximum atomic E-state index is 12.7. The van der Waals surface area contributed by atoms with Crippen LogP contribution in [0.15, 0.2) is 24.3 Å². The summed E-state index contributed by atoms with van der Waals surface area (Å²) in [6.07, 6.45) is 2.35. The summed E-state index contributed by atoms with van der Waals surface area (Å²) in [5.74, 6) is 0.856. The number of aromatic nitrogens is 2. The van der Waals surface area contributed by atoms with Gasteiger partial charge in [0.05, 0.1) is 22.6 Å². The summed E-state index contributed by atoms with van der Waals surface area (Å²) in [5.41, 5.74) is 1.45. The fourth-order valence-corrected chi connectivity index (χ4v) is 3.04. The van der Waals surface area contributed by atoms with Crippen LogP contribution >= 0.6 is 0 Å². The number of nitrogens with one attached hydrogen (secondary N) is 2. The van der Waals surface area contributed by atoms with Crippen molar-refractivity contribution in [1.82, 2.24) is 20.2 Å². The molecule has 0 radical (unpaired) electrons. The van der Waals surface area contributed by atoms with Crippen LogP contribution in [0.3, 0.4) is 0 Å². The first kappa shape index (κ1) is 15.0. The number of para-hydroxylation sites is 2. The van der Waals surface area contributed by atoms with Crippen molar-refractivity contribution < 1.29 is 4.79 Å². The van der Waals surface area contributed by atoms with Crippen molar-refractivity contribution >= 4 is 16.9 Å². The Labute approximate surface area is 131 Å². The van der Waals surface area contributed by atoms with Crippen LogP contribution in [-0.2, 0) is 4.79 Å². The number of carbonyl (C=O) groups is 1. The van der Waals surface area contributed by atoms with Crippen LogP contribution in [0, 0.1) is 0 Å². The maximum Gasteiger partial charge on any atom is 0.240 e. The van der Waals surface area contributed by atoms with E-state index >= 15 is 0 Å². The highest BCUT2D eigenvalue weighted by Gasteiger charge is 2.36. The molecule has 0 saturated carbocycles. The van der Waals surface area contributed by atoms with Crippen LogP contribution in [-0.4, -0.2) is 39.4 Å². The number of amides is 1. The average Bonchev–Trinajstić information content (AvgIpc) is 3.16. The molecule has 1 atom stereocenters. The molecule has 0 bridgehead atoms. The molecule has 1 aliphatic rings. The Morgan fingerprint density at radius 2 is 2.00 bits per heavy atom. The van der Waals surface area contributed by atoms with E-state index in [-0.39, 0.29) is 11.9 Å². The number of fused-ring (bicyclic) bond motifs is 1. The molecule has 1 saturated heterocycles. The number of hydrogen-bond acceptors (Lipinski definition) is 3. The third-order valence-corrected chi connectivity index (χ3v) is 4.62. The number of aromatic amines is 1. The Kier molecular flexibility index (Phi) is 3.91. The molecule has 2 N–H and O–H groups in total. The molecule has 1 fully saturated rings. The lowest BCUT2D eigenvalue weighted by atomic mass is 10.0. The topological polar surface area (TPSA) is 61.0 Å². The molecule has 1 amide bonds. The number of likely N-dealkylation sites (tertiary alicyclic amines) is 1. The number of benzene rings is 1. The molecule has 0 aliphatic carbocycles. The van der Waals surface area contributed by atoms with Crippen molar-refractivity contribution in [2.24, 2.45) is 0 Å². The molecule has 0 spiro atoms. The van der Waals surface area contributed by atoms with Gasteiger partial charge in [0.25, 0.3) is 0 Å². The van der Waals surface area contributed by atoms with Gasteiger partial charge in [0.15, 0.2) is 0 Å². The van der Waals surface area contributed by atoms with Crippen molar-refractivity contribution in [1.29, 1.82) is 0 Å². The Morgan fingerprint density at radius 1 is 1.32 bits per heavy atom. The quantitative estimate of drug-likeness (QED) is 0.912. The Hall–Kier alpha value is -1.88. The second kappa shape index (κ2) is 5.72. The van der Waals surface area contributed by atoms with Gasteiger partial charge in [-0.15, -0.1) is 0 Å². The van der Waals surface area contributed by atoms with Crippen LogP contribution < -0.4 is 5.32 Å². The summed E-state index contributed by atoms with van der Waals surface area (Å²) in [6.45, 7) is 7.96. The predicted molar refractivity (Wildman–Crippen MR) is 87.5 cm³/mol. The van der Waals surface area contributed by atoms with Gasteiger partial charge in [-0.3, -0.25) is 9.69 Å². The zero-order valence-corrected chi connectivity index (χ0v) is 13.5. The minimum atomic E-state index is -0.475. The Bertz CT molecular complexity index is 637. The fraction of sp³-hybridized carbons (Fsp3) is 0.529. The second-order valence-electron chi connectivity index (χ2n) is 6.59. The van der Waals surface area contributed by atoms with E-state index in [1.54, 1.807) is 0 Å². The van der Waals surface area contributed by atoms with Crippen LogP contribution in [0.1, 0.15) is 45.5 Å². The van der Waals surface area contributed by atoms with Gasteiger partial charge >= 0.3 is 0 Å². The molecular formula is C17H24N4O. The van der Waals surface area contributed by atoms with Gasteiger partial charge in [-0.1, -0.05) is 12.1 Å². The van der Waals surface area contributed by atoms with Crippen molar-refractivity contribution in [2.75, 3.05) is 13.1 Å². The van der Waals surface area contributed by atoms with Crippen LogP contribution in [0.4, 0.5) is 0 Å². The summed E-state index contributed by atoms with van der Waals surface area (Å²) >= 11 is 0. The highest BCUT2D eigenvalue weighted by atomic mass is 16.2. The summed E-state index contributed by atoms with van der Waals surface area (Å²) < 4.78 is 0. The Balaban J connectivity index is 1.72. The molecular weight excluding hydrogens is 276 g/mol. The first-order valence-corrected chi connectivity index (χ1v) is 7.99. The van der Waals surface area contributed by atoms with Crippen molar-refractivity contribution in [3.63, 3.8) is 0 Å². The first-order valence-electron chi connectivity index (χ1n) is 7.99. The van der Waals surface area contributed by atoms with Gasteiger partial charge in [-0.2, -0.15) is 0 Å². The first-order chi connectivity index (χ1) is 10.5. The largest absolute Gasteiger partial charge is 0.345 e. The van der Waals surface area contributed by atoms with E-state index in [0.717, 1.165) is 29.9 Å². The van der Waals surface area contributed by atoms with Gasteiger partial charge in [0, 0.05) is 0 Å². The lowest BCUT2D eigenvalue weighted by Gasteiger charge is -2.34. The molecule has 118 valence electrons. The minimum Gasteiger partial charge on any atom is -0.345 e. The predicted octanol–water partition coefficient (Wildman–Crippen LogP) is 2.61. The lowest BCUT2D eigenvalue weighted by Crippen LogP contribution is -2.54. The monoisotopic (exact) mass is 300 g/mol. The summed E-state index contributed by atoms with van der Waals surface area (Å²) in [4.78, 5) is 22.8. The van der Waals surface area contributed by atoms with E-state index in [1.165, 1.54) is 12.8 Å². The molecule has 1 aromatic carbocycles. The van der Waals surface area contributed by atoms with E-state index in [0.29, 0.717) is 0 Å². The zero-order chi connectivity index (χ0) is 15.7. The highest BCUT2D eigenvalue weighted by Crippen LogP contribution is 2.23. The number of rotatable bonds is 4. The van der Waals surface area contributed by atoms with Crippen LogP contribution in [0.2, 0.25) is 0 Å². The fourth-order valence-electron chi connectivity index (χ4n) is 3.04. The molecule has 22 heavy (non-hydrogen) atoms. The molecule has 0 unspecified atom stereocenters. The van der Waals surface area contributed by atoms with Gasteiger partial charge in [0.2, 0.25) is 5.91 Å². The molecule has 5 nitrogen and oxygen atoms in total. The summed E-state index contributed by atoms with van der Waals surface area (Å²) in [5, 5.41) is 3.10. The number of carbonyl (C=O) groups excluding carboxylic acids is 1.